The molecule has 1 heterocycles. The van der Waals surface area contributed by atoms with Gasteiger partial charge >= 0.3 is 0 Å². The molecule has 0 aliphatic heterocycles. The Kier molecular flexibility index (Phi) is 10.8. The first kappa shape index (κ1) is 32.0. The molecule has 11 heteroatoms. The van der Waals surface area contributed by atoms with Crippen LogP contribution in [0.25, 0.3) is 6.08 Å². The maximum Gasteiger partial charge on any atom is 0.272 e. The Morgan fingerprint density at radius 3 is 2.30 bits per heavy atom. The third-order valence-corrected chi connectivity index (χ3v) is 8.55. The Balaban J connectivity index is 1.40. The minimum atomic E-state index is -0.584. The van der Waals surface area contributed by atoms with Crippen molar-refractivity contribution < 1.29 is 23.9 Å². The first-order valence-electron chi connectivity index (χ1n) is 14.1. The summed E-state index contributed by atoms with van der Waals surface area (Å²) in [4.78, 5) is 45.1. The number of aromatic nitrogens is 1. The van der Waals surface area contributed by atoms with Crippen LogP contribution in [0.1, 0.15) is 26.7 Å². The zero-order valence-corrected chi connectivity index (χ0v) is 26.6. The number of anilines is 2. The van der Waals surface area contributed by atoms with E-state index in [1.807, 2.05) is 36.4 Å². The molecule has 0 aliphatic rings. The Bertz CT molecular complexity index is 1830. The van der Waals surface area contributed by atoms with Gasteiger partial charge in [-0.3, -0.25) is 14.4 Å². The average molecular weight is 651 g/mol. The molecule has 5 aromatic rings. The Labute approximate surface area is 274 Å². The van der Waals surface area contributed by atoms with Crippen molar-refractivity contribution in [1.82, 2.24) is 10.3 Å². The number of hydrogen-bond donors (Lipinski definition) is 3. The highest BCUT2D eigenvalue weighted by Crippen LogP contribution is 2.37. The maximum absolute atomic E-state index is 13.7. The number of carbonyl (C=O) groups is 3. The number of rotatable bonds is 12. The van der Waals surface area contributed by atoms with Gasteiger partial charge in [0.2, 0.25) is 5.91 Å². The third kappa shape index (κ3) is 8.40. The van der Waals surface area contributed by atoms with E-state index < -0.39 is 17.1 Å². The highest BCUT2D eigenvalue weighted by molar-refractivity contribution is 8.00. The lowest BCUT2D eigenvalue weighted by Crippen LogP contribution is -2.30. The predicted octanol–water partition coefficient (Wildman–Crippen LogP) is 7.04. The molecular formula is C35H30N4O5S2. The van der Waals surface area contributed by atoms with Gasteiger partial charge in [-0.1, -0.05) is 54.6 Å². The number of carbonyl (C=O) groups excluding carboxylic acids is 3. The lowest BCUT2D eigenvalue weighted by atomic mass is 10.1. The van der Waals surface area contributed by atoms with E-state index >= 15 is 0 Å². The highest BCUT2D eigenvalue weighted by atomic mass is 32.2. The number of nitrogens with zero attached hydrogens (tertiary/aromatic N) is 1. The van der Waals surface area contributed by atoms with Crippen molar-refractivity contribution in [2.45, 2.75) is 10.1 Å². The molecule has 0 fully saturated rings. The number of thiazole rings is 1. The summed E-state index contributed by atoms with van der Waals surface area (Å²) >= 11 is 2.68. The average Bonchev–Trinajstić information content (AvgIpc) is 3.61. The van der Waals surface area contributed by atoms with E-state index in [9.17, 15) is 14.4 Å². The van der Waals surface area contributed by atoms with Crippen LogP contribution in [0.3, 0.4) is 0 Å². The van der Waals surface area contributed by atoms with Crippen LogP contribution in [0.5, 0.6) is 11.5 Å². The second-order valence-electron chi connectivity index (χ2n) is 9.70. The molecule has 3 N–H and O–H groups in total. The lowest BCUT2D eigenvalue weighted by Gasteiger charge is -2.17. The van der Waals surface area contributed by atoms with Crippen molar-refractivity contribution in [3.05, 3.63) is 137 Å². The van der Waals surface area contributed by atoms with Crippen LogP contribution in [0.4, 0.5) is 10.8 Å². The van der Waals surface area contributed by atoms with Crippen LogP contribution in [-0.2, 0) is 9.59 Å². The van der Waals surface area contributed by atoms with Crippen molar-refractivity contribution in [2.75, 3.05) is 24.9 Å². The quantitative estimate of drug-likeness (QED) is 0.0979. The number of ether oxygens (including phenoxy) is 2. The number of benzene rings is 4. The lowest BCUT2D eigenvalue weighted by molar-refractivity contribution is -0.116. The highest BCUT2D eigenvalue weighted by Gasteiger charge is 2.23. The summed E-state index contributed by atoms with van der Waals surface area (Å²) < 4.78 is 10.8. The molecule has 1 atom stereocenters. The normalized spacial score (nSPS) is 11.7. The van der Waals surface area contributed by atoms with Crippen molar-refractivity contribution in [3.8, 4) is 11.5 Å². The minimum Gasteiger partial charge on any atom is -0.497 e. The van der Waals surface area contributed by atoms with Gasteiger partial charge < -0.3 is 25.4 Å². The van der Waals surface area contributed by atoms with Crippen LogP contribution < -0.4 is 25.4 Å². The fraction of sp³-hybridized carbons (Fsp3) is 0.0857. The van der Waals surface area contributed by atoms with E-state index in [1.165, 1.54) is 30.2 Å². The van der Waals surface area contributed by atoms with Crippen molar-refractivity contribution in [2.24, 2.45) is 0 Å². The smallest absolute Gasteiger partial charge is 0.272 e. The fourth-order valence-electron chi connectivity index (χ4n) is 4.37. The summed E-state index contributed by atoms with van der Waals surface area (Å²) in [5.74, 6) is -0.180. The van der Waals surface area contributed by atoms with Gasteiger partial charge in [0.05, 0.1) is 14.2 Å². The van der Waals surface area contributed by atoms with Crippen LogP contribution in [-0.4, -0.2) is 36.9 Å². The Morgan fingerprint density at radius 2 is 1.61 bits per heavy atom. The molecule has 0 aliphatic carbocycles. The van der Waals surface area contributed by atoms with Gasteiger partial charge in [0.1, 0.15) is 22.4 Å². The number of amides is 3. The van der Waals surface area contributed by atoms with Crippen LogP contribution in [0.15, 0.2) is 125 Å². The van der Waals surface area contributed by atoms with Gasteiger partial charge in [-0.15, -0.1) is 23.1 Å². The first-order chi connectivity index (χ1) is 22.4. The molecular weight excluding hydrogens is 621 g/mol. The topological polar surface area (TPSA) is 119 Å². The third-order valence-electron chi connectivity index (χ3n) is 6.62. The zero-order valence-electron chi connectivity index (χ0n) is 24.9. The summed E-state index contributed by atoms with van der Waals surface area (Å²) in [6.07, 6.45) is 3.17. The van der Waals surface area contributed by atoms with E-state index in [1.54, 1.807) is 91.5 Å². The molecule has 3 amide bonds. The monoisotopic (exact) mass is 650 g/mol. The van der Waals surface area contributed by atoms with Crippen LogP contribution >= 0.6 is 23.1 Å². The molecule has 9 nitrogen and oxygen atoms in total. The van der Waals surface area contributed by atoms with Crippen LogP contribution in [0, 0.1) is 0 Å². The van der Waals surface area contributed by atoms with Gasteiger partial charge in [-0.2, -0.15) is 0 Å². The summed E-state index contributed by atoms with van der Waals surface area (Å²) in [5, 5.41) is 10.2. The molecule has 1 unspecified atom stereocenters. The predicted molar refractivity (Wildman–Crippen MR) is 182 cm³/mol. The summed E-state index contributed by atoms with van der Waals surface area (Å²) in [5.41, 5.74) is 2.25. The first-order valence-corrected chi connectivity index (χ1v) is 15.8. The van der Waals surface area contributed by atoms with Crippen molar-refractivity contribution in [1.29, 1.82) is 0 Å². The molecule has 0 spiro atoms. The molecule has 1 aromatic heterocycles. The largest absolute Gasteiger partial charge is 0.497 e. The van der Waals surface area contributed by atoms with E-state index in [0.717, 1.165) is 10.5 Å². The minimum absolute atomic E-state index is 0.000337. The van der Waals surface area contributed by atoms with Gasteiger partial charge in [0.15, 0.2) is 5.13 Å². The molecule has 232 valence electrons. The van der Waals surface area contributed by atoms with Gasteiger partial charge in [0, 0.05) is 39.4 Å². The summed E-state index contributed by atoms with van der Waals surface area (Å²) in [6.45, 7) is 0. The number of hydrogen-bond acceptors (Lipinski definition) is 8. The molecule has 0 radical (unpaired) electrons. The summed E-state index contributed by atoms with van der Waals surface area (Å²) in [6, 6.07) is 30.4. The number of methoxy groups -OCH3 is 2. The van der Waals surface area contributed by atoms with Crippen LogP contribution in [0.2, 0.25) is 0 Å². The van der Waals surface area contributed by atoms with Gasteiger partial charge in [-0.25, -0.2) is 4.98 Å². The molecule has 5 rings (SSSR count). The molecule has 0 bridgehead atoms. The van der Waals surface area contributed by atoms with Crippen molar-refractivity contribution in [3.63, 3.8) is 0 Å². The molecule has 0 saturated carbocycles. The number of thioether (sulfide) groups is 1. The van der Waals surface area contributed by atoms with E-state index in [-0.39, 0.29) is 11.6 Å². The van der Waals surface area contributed by atoms with E-state index in [0.29, 0.717) is 33.4 Å². The standard InChI is InChI=1S/C35H30N4O5S2/c1-43-27-17-16-25(30(22-27)44-2)20-29(38-32(40)24-12-7-4-8-13-24)33(41)37-26-14-9-15-28(21-26)46-31(23-10-5-3-6-11-23)34(42)39-35-36-18-19-45-35/h3-22,31H,1-2H3,(H,37,41)(H,38,40)(H,36,39,42)/b29-20+. The second-order valence-corrected chi connectivity index (χ2v) is 11.8. The van der Waals surface area contributed by atoms with Gasteiger partial charge in [-0.05, 0) is 54.1 Å². The van der Waals surface area contributed by atoms with Gasteiger partial charge in [0.25, 0.3) is 11.8 Å². The Morgan fingerprint density at radius 1 is 0.848 bits per heavy atom. The molecule has 46 heavy (non-hydrogen) atoms. The SMILES string of the molecule is COc1ccc(/C=C(/NC(=O)c2ccccc2)C(=O)Nc2cccc(SC(C(=O)Nc3nccs3)c3ccccc3)c2)c(OC)c1. The number of nitrogens with one attached hydrogen (secondary N) is 3. The maximum atomic E-state index is 13.7. The zero-order chi connectivity index (χ0) is 32.3. The van der Waals surface area contributed by atoms with E-state index in [2.05, 4.69) is 20.9 Å². The summed E-state index contributed by atoms with van der Waals surface area (Å²) in [7, 11) is 3.06. The molecule has 4 aromatic carbocycles. The Hall–Kier alpha value is -5.39. The fourth-order valence-corrected chi connectivity index (χ4v) is 5.99. The van der Waals surface area contributed by atoms with E-state index in [4.69, 9.17) is 9.47 Å². The molecule has 0 saturated heterocycles. The van der Waals surface area contributed by atoms with Crippen molar-refractivity contribution >= 4 is 57.7 Å². The second kappa shape index (κ2) is 15.6.